The maximum absolute atomic E-state index is 12.0. The third kappa shape index (κ3) is 5.40. The van der Waals surface area contributed by atoms with E-state index in [9.17, 15) is 19.5 Å². The highest BCUT2D eigenvalue weighted by molar-refractivity contribution is 5.95. The van der Waals surface area contributed by atoms with Gasteiger partial charge in [0.1, 0.15) is 0 Å². The van der Waals surface area contributed by atoms with Gasteiger partial charge in [-0.1, -0.05) is 19.8 Å². The molecule has 0 spiro atoms. The molecule has 0 radical (unpaired) electrons. The van der Waals surface area contributed by atoms with Crippen LogP contribution >= 0.6 is 0 Å². The van der Waals surface area contributed by atoms with E-state index in [1.807, 2.05) is 4.90 Å². The molecule has 0 bridgehead atoms. The van der Waals surface area contributed by atoms with Gasteiger partial charge in [-0.05, 0) is 31.6 Å². The van der Waals surface area contributed by atoms with E-state index in [0.717, 1.165) is 19.3 Å². The number of nitrogens with zero attached hydrogens (tertiary/aromatic N) is 1. The van der Waals surface area contributed by atoms with Crippen molar-refractivity contribution in [1.29, 1.82) is 0 Å². The molecule has 1 aliphatic carbocycles. The molecule has 0 unspecified atom stereocenters. The van der Waals surface area contributed by atoms with Gasteiger partial charge in [0.15, 0.2) is 5.60 Å². The number of likely N-dealkylation sites (tertiary alicyclic amines) is 1. The van der Waals surface area contributed by atoms with Crippen LogP contribution in [0.3, 0.4) is 0 Å². The Morgan fingerprint density at radius 3 is 2.44 bits per heavy atom. The fraction of sp³-hybridized carbons (Fsp3) is 0.824. The molecule has 8 heteroatoms. The summed E-state index contributed by atoms with van der Waals surface area (Å²) >= 11 is 0. The van der Waals surface area contributed by atoms with Crippen molar-refractivity contribution < 1.29 is 24.2 Å². The van der Waals surface area contributed by atoms with Gasteiger partial charge >= 0.3 is 12.0 Å². The Morgan fingerprint density at radius 2 is 1.84 bits per heavy atom. The quantitative estimate of drug-likeness (QED) is 0.630. The molecule has 8 nitrogen and oxygen atoms in total. The summed E-state index contributed by atoms with van der Waals surface area (Å²) in [5.74, 6) is -0.602. The molecule has 2 rings (SSSR count). The van der Waals surface area contributed by atoms with Gasteiger partial charge in [0, 0.05) is 19.1 Å². The van der Waals surface area contributed by atoms with E-state index >= 15 is 0 Å². The lowest BCUT2D eigenvalue weighted by Crippen LogP contribution is -2.53. The van der Waals surface area contributed by atoms with Crippen LogP contribution < -0.4 is 10.6 Å². The van der Waals surface area contributed by atoms with Crippen molar-refractivity contribution in [3.63, 3.8) is 0 Å². The number of methoxy groups -OCH3 is 1. The maximum Gasteiger partial charge on any atom is 0.337 e. The van der Waals surface area contributed by atoms with E-state index in [-0.39, 0.29) is 31.3 Å². The van der Waals surface area contributed by atoms with Crippen LogP contribution in [0.5, 0.6) is 0 Å². The number of urea groups is 1. The number of nitrogens with one attached hydrogen (secondary N) is 2. The second-order valence-corrected chi connectivity index (χ2v) is 7.19. The monoisotopic (exact) mass is 355 g/mol. The third-order valence-electron chi connectivity index (χ3n) is 5.30. The summed E-state index contributed by atoms with van der Waals surface area (Å²) in [5.41, 5.74) is -1.48. The van der Waals surface area contributed by atoms with Crippen molar-refractivity contribution in [3.8, 4) is 0 Å². The zero-order chi connectivity index (χ0) is 18.4. The minimum Gasteiger partial charge on any atom is -0.467 e. The van der Waals surface area contributed by atoms with Crippen molar-refractivity contribution in [2.75, 3.05) is 26.7 Å². The van der Waals surface area contributed by atoms with Crippen LogP contribution in [-0.4, -0.2) is 66.3 Å². The molecule has 1 saturated carbocycles. The summed E-state index contributed by atoms with van der Waals surface area (Å²) in [6, 6.07) is -0.335. The number of aliphatic hydroxyl groups is 1. The van der Waals surface area contributed by atoms with E-state index in [1.165, 1.54) is 13.5 Å². The van der Waals surface area contributed by atoms with Gasteiger partial charge in [-0.2, -0.15) is 0 Å². The SMILES string of the molecule is COC(=O)C1(O)CCN(CC(=O)NC(=O)N[C@@H]2CCCC[C@@H]2C)CC1. The van der Waals surface area contributed by atoms with E-state index in [0.29, 0.717) is 19.0 Å². The second-order valence-electron chi connectivity index (χ2n) is 7.19. The minimum atomic E-state index is -1.48. The van der Waals surface area contributed by atoms with E-state index in [4.69, 9.17) is 0 Å². The molecule has 25 heavy (non-hydrogen) atoms. The first-order chi connectivity index (χ1) is 11.8. The average Bonchev–Trinajstić information content (AvgIpc) is 2.58. The molecule has 0 aromatic carbocycles. The molecule has 2 aliphatic rings. The van der Waals surface area contributed by atoms with Crippen molar-refractivity contribution in [2.24, 2.45) is 5.92 Å². The number of carbonyl (C=O) groups is 3. The summed E-state index contributed by atoms with van der Waals surface area (Å²) < 4.78 is 4.60. The number of carbonyl (C=O) groups excluding carboxylic acids is 3. The Morgan fingerprint density at radius 1 is 1.20 bits per heavy atom. The van der Waals surface area contributed by atoms with Crippen molar-refractivity contribution in [2.45, 2.75) is 57.1 Å². The number of amides is 3. The normalized spacial score (nSPS) is 26.5. The molecule has 1 saturated heterocycles. The Hall–Kier alpha value is -1.67. The Labute approximate surface area is 148 Å². The van der Waals surface area contributed by atoms with Crippen LogP contribution in [0, 0.1) is 5.92 Å². The molecular weight excluding hydrogens is 326 g/mol. The summed E-state index contributed by atoms with van der Waals surface area (Å²) in [4.78, 5) is 37.4. The standard InChI is InChI=1S/C17H29N3O5/c1-12-5-3-4-6-13(12)18-16(23)19-14(21)11-20-9-7-17(24,8-10-20)15(22)25-2/h12-13,24H,3-11H2,1-2H3,(H2,18,19,21,23)/t12-,13+/m0/s1. The summed E-state index contributed by atoms with van der Waals surface area (Å²) in [6.45, 7) is 2.95. The molecule has 1 aliphatic heterocycles. The summed E-state index contributed by atoms with van der Waals surface area (Å²) in [6.07, 6.45) is 4.74. The highest BCUT2D eigenvalue weighted by Crippen LogP contribution is 2.24. The van der Waals surface area contributed by atoms with Gasteiger partial charge in [0.25, 0.3) is 0 Å². The molecule has 0 aromatic rings. The number of imide groups is 1. The van der Waals surface area contributed by atoms with Crippen molar-refractivity contribution in [1.82, 2.24) is 15.5 Å². The van der Waals surface area contributed by atoms with Crippen molar-refractivity contribution in [3.05, 3.63) is 0 Å². The number of rotatable bonds is 4. The van der Waals surface area contributed by atoms with Gasteiger partial charge in [-0.25, -0.2) is 9.59 Å². The Balaban J connectivity index is 1.72. The molecular formula is C17H29N3O5. The second kappa shape index (κ2) is 8.62. The predicted molar refractivity (Wildman–Crippen MR) is 90.7 cm³/mol. The lowest BCUT2D eigenvalue weighted by Gasteiger charge is -2.35. The zero-order valence-corrected chi connectivity index (χ0v) is 15.0. The van der Waals surface area contributed by atoms with Gasteiger partial charge in [-0.15, -0.1) is 0 Å². The predicted octanol–water partition coefficient (Wildman–Crippen LogP) is 0.391. The molecule has 1 heterocycles. The lowest BCUT2D eigenvalue weighted by atomic mass is 9.86. The van der Waals surface area contributed by atoms with E-state index < -0.39 is 17.6 Å². The van der Waals surface area contributed by atoms with Gasteiger partial charge < -0.3 is 15.2 Å². The molecule has 142 valence electrons. The smallest absolute Gasteiger partial charge is 0.337 e. The molecule has 0 aromatic heterocycles. The van der Waals surface area contributed by atoms with Crippen LogP contribution in [0.2, 0.25) is 0 Å². The largest absolute Gasteiger partial charge is 0.467 e. The number of hydrogen-bond acceptors (Lipinski definition) is 6. The van der Waals surface area contributed by atoms with Crippen molar-refractivity contribution >= 4 is 17.9 Å². The molecule has 3 amide bonds. The highest BCUT2D eigenvalue weighted by Gasteiger charge is 2.40. The fourth-order valence-corrected chi connectivity index (χ4v) is 3.58. The molecule has 2 atom stereocenters. The van der Waals surface area contributed by atoms with E-state index in [1.54, 1.807) is 0 Å². The Kier molecular flexibility index (Phi) is 6.78. The number of hydrogen-bond donors (Lipinski definition) is 3. The number of esters is 1. The topological polar surface area (TPSA) is 108 Å². The molecule has 2 fully saturated rings. The Bertz CT molecular complexity index is 503. The van der Waals surface area contributed by atoms with Crippen LogP contribution in [0.1, 0.15) is 45.4 Å². The van der Waals surface area contributed by atoms with Crippen LogP contribution in [0.25, 0.3) is 0 Å². The van der Waals surface area contributed by atoms with Gasteiger partial charge in [-0.3, -0.25) is 15.0 Å². The number of piperidine rings is 1. The molecule has 3 N–H and O–H groups in total. The number of ether oxygens (including phenoxy) is 1. The van der Waals surface area contributed by atoms with Gasteiger partial charge in [0.2, 0.25) is 5.91 Å². The highest BCUT2D eigenvalue weighted by atomic mass is 16.5. The minimum absolute atomic E-state index is 0.0604. The maximum atomic E-state index is 12.0. The van der Waals surface area contributed by atoms with Crippen LogP contribution in [-0.2, 0) is 14.3 Å². The van der Waals surface area contributed by atoms with E-state index in [2.05, 4.69) is 22.3 Å². The summed E-state index contributed by atoms with van der Waals surface area (Å²) in [7, 11) is 1.24. The first-order valence-corrected chi connectivity index (χ1v) is 8.97. The average molecular weight is 355 g/mol. The first kappa shape index (κ1) is 19.7. The first-order valence-electron chi connectivity index (χ1n) is 8.97. The third-order valence-corrected chi connectivity index (χ3v) is 5.30. The van der Waals surface area contributed by atoms with Gasteiger partial charge in [0.05, 0.1) is 13.7 Å². The van der Waals surface area contributed by atoms with Crippen LogP contribution in [0.4, 0.5) is 4.79 Å². The van der Waals surface area contributed by atoms with Crippen LogP contribution in [0.15, 0.2) is 0 Å². The summed E-state index contributed by atoms with van der Waals surface area (Å²) in [5, 5.41) is 15.4. The fourth-order valence-electron chi connectivity index (χ4n) is 3.58. The zero-order valence-electron chi connectivity index (χ0n) is 15.0. The lowest BCUT2D eigenvalue weighted by molar-refractivity contribution is -0.167.